The van der Waals surface area contributed by atoms with Crippen LogP contribution in [0.3, 0.4) is 0 Å². The van der Waals surface area contributed by atoms with Crippen LogP contribution in [-0.4, -0.2) is 52.8 Å². The lowest BCUT2D eigenvalue weighted by molar-refractivity contribution is -0.141. The summed E-state index contributed by atoms with van der Waals surface area (Å²) in [5.74, 6) is -0.319. The summed E-state index contributed by atoms with van der Waals surface area (Å²) in [6.07, 6.45) is -3.32. The van der Waals surface area contributed by atoms with Gasteiger partial charge in [0.1, 0.15) is 12.2 Å². The maximum absolute atomic E-state index is 12.6. The summed E-state index contributed by atoms with van der Waals surface area (Å²) < 4.78 is 37.8. The van der Waals surface area contributed by atoms with E-state index in [4.69, 9.17) is 0 Å². The first-order valence-electron chi connectivity index (χ1n) is 8.50. The highest BCUT2D eigenvalue weighted by atomic mass is 19.4. The minimum absolute atomic E-state index is 0.0528. The molecule has 1 aliphatic heterocycles. The Bertz CT molecular complexity index is 833. The van der Waals surface area contributed by atoms with E-state index in [9.17, 15) is 22.8 Å². The summed E-state index contributed by atoms with van der Waals surface area (Å²) >= 11 is 0. The molecule has 2 heterocycles. The zero-order valence-electron chi connectivity index (χ0n) is 14.7. The number of hydrogen-bond donors (Lipinski definition) is 0. The van der Waals surface area contributed by atoms with Crippen LogP contribution < -0.4 is 0 Å². The van der Waals surface area contributed by atoms with Crippen LogP contribution in [0.5, 0.6) is 0 Å². The molecule has 1 aromatic carbocycles. The van der Waals surface area contributed by atoms with Crippen molar-refractivity contribution in [1.82, 2.24) is 14.8 Å². The van der Waals surface area contributed by atoms with Crippen LogP contribution in [-0.2, 0) is 11.0 Å². The molecule has 27 heavy (non-hydrogen) atoms. The van der Waals surface area contributed by atoms with Crippen LogP contribution in [0.25, 0.3) is 11.1 Å². The van der Waals surface area contributed by atoms with Gasteiger partial charge in [0.25, 0.3) is 5.91 Å². The van der Waals surface area contributed by atoms with Crippen molar-refractivity contribution in [2.24, 2.45) is 0 Å². The number of nitrogens with zero attached hydrogens (tertiary/aromatic N) is 3. The van der Waals surface area contributed by atoms with Crippen molar-refractivity contribution < 1.29 is 22.8 Å². The molecule has 5 nitrogen and oxygen atoms in total. The van der Waals surface area contributed by atoms with E-state index in [1.54, 1.807) is 29.2 Å². The Hall–Kier alpha value is -2.90. The zero-order chi connectivity index (χ0) is 19.6. The van der Waals surface area contributed by atoms with Crippen LogP contribution in [0.4, 0.5) is 13.2 Å². The molecule has 0 unspecified atom stereocenters. The van der Waals surface area contributed by atoms with Crippen molar-refractivity contribution in [3.63, 3.8) is 0 Å². The molecule has 8 heteroatoms. The van der Waals surface area contributed by atoms with E-state index in [-0.39, 0.29) is 18.4 Å². The number of likely N-dealkylation sites (N-methyl/N-ethyl adjacent to an activating group) is 1. The van der Waals surface area contributed by atoms with Gasteiger partial charge in [-0.15, -0.1) is 0 Å². The summed E-state index contributed by atoms with van der Waals surface area (Å²) in [6.45, 7) is 3.55. The van der Waals surface area contributed by atoms with E-state index in [1.807, 2.05) is 6.92 Å². The second kappa shape index (κ2) is 7.38. The highest BCUT2D eigenvalue weighted by molar-refractivity contribution is 5.97. The van der Waals surface area contributed by atoms with Gasteiger partial charge in [0, 0.05) is 37.0 Å². The number of piperazine rings is 1. The number of amides is 2. The third-order valence-corrected chi connectivity index (χ3v) is 4.51. The van der Waals surface area contributed by atoms with Crippen molar-refractivity contribution >= 4 is 11.8 Å². The van der Waals surface area contributed by atoms with E-state index >= 15 is 0 Å². The second-order valence-electron chi connectivity index (χ2n) is 6.21. The molecule has 1 aliphatic rings. The summed E-state index contributed by atoms with van der Waals surface area (Å²) in [5.41, 5.74) is 0.652. The Morgan fingerprint density at radius 1 is 1.07 bits per heavy atom. The number of benzene rings is 1. The zero-order valence-corrected chi connectivity index (χ0v) is 14.7. The lowest BCUT2D eigenvalue weighted by Crippen LogP contribution is -2.52. The largest absolute Gasteiger partial charge is 0.433 e. The molecule has 1 fully saturated rings. The number of rotatable bonds is 3. The number of halogens is 3. The minimum Gasteiger partial charge on any atom is -0.340 e. The fourth-order valence-corrected chi connectivity index (χ4v) is 2.94. The van der Waals surface area contributed by atoms with Crippen molar-refractivity contribution in [2.75, 3.05) is 26.2 Å². The smallest absolute Gasteiger partial charge is 0.340 e. The van der Waals surface area contributed by atoms with Gasteiger partial charge in [-0.3, -0.25) is 14.6 Å². The van der Waals surface area contributed by atoms with E-state index in [0.717, 1.165) is 12.3 Å². The number of hydrogen-bond acceptors (Lipinski definition) is 3. The molecular weight excluding hydrogens is 359 g/mol. The summed E-state index contributed by atoms with van der Waals surface area (Å²) in [6, 6.07) is 8.78. The fraction of sp³-hybridized carbons (Fsp3) is 0.316. The lowest BCUT2D eigenvalue weighted by Gasteiger charge is -2.33. The van der Waals surface area contributed by atoms with E-state index in [1.165, 1.54) is 11.0 Å². The molecule has 0 saturated carbocycles. The Morgan fingerprint density at radius 3 is 2.26 bits per heavy atom. The molecular formula is C19H18F3N3O2. The Labute approximate surface area is 154 Å². The standard InChI is InChI=1S/C19H18F3N3O2/c1-2-24-9-10-25(12-17(24)26)18(27)14-5-3-13(4-6-14)15-7-8-16(23-11-15)19(20,21)22/h3-8,11H,2,9-10,12H2,1H3. The van der Waals surface area contributed by atoms with Crippen molar-refractivity contribution in [3.8, 4) is 11.1 Å². The van der Waals surface area contributed by atoms with E-state index in [2.05, 4.69) is 4.98 Å². The van der Waals surface area contributed by atoms with E-state index in [0.29, 0.717) is 36.3 Å². The van der Waals surface area contributed by atoms with Gasteiger partial charge in [-0.2, -0.15) is 13.2 Å². The molecule has 0 radical (unpaired) electrons. The Morgan fingerprint density at radius 2 is 1.74 bits per heavy atom. The topological polar surface area (TPSA) is 53.5 Å². The van der Waals surface area contributed by atoms with Crippen LogP contribution in [0.15, 0.2) is 42.6 Å². The summed E-state index contributed by atoms with van der Waals surface area (Å²) in [4.78, 5) is 31.2. The average molecular weight is 377 g/mol. The number of pyridine rings is 1. The van der Waals surface area contributed by atoms with Gasteiger partial charge in [-0.25, -0.2) is 0 Å². The number of carbonyl (C=O) groups excluding carboxylic acids is 2. The average Bonchev–Trinajstić information content (AvgIpc) is 2.67. The molecule has 2 aromatic rings. The molecule has 3 rings (SSSR count). The molecule has 0 spiro atoms. The molecule has 0 aliphatic carbocycles. The van der Waals surface area contributed by atoms with Crippen molar-refractivity contribution in [3.05, 3.63) is 53.9 Å². The fourth-order valence-electron chi connectivity index (χ4n) is 2.94. The van der Waals surface area contributed by atoms with Crippen LogP contribution in [0.2, 0.25) is 0 Å². The molecule has 1 saturated heterocycles. The van der Waals surface area contributed by atoms with Gasteiger partial charge in [0.05, 0.1) is 0 Å². The molecule has 142 valence electrons. The first-order valence-corrected chi connectivity index (χ1v) is 8.50. The van der Waals surface area contributed by atoms with Crippen molar-refractivity contribution in [1.29, 1.82) is 0 Å². The maximum atomic E-state index is 12.6. The third kappa shape index (κ3) is 4.10. The SMILES string of the molecule is CCN1CCN(C(=O)c2ccc(-c3ccc(C(F)(F)F)nc3)cc2)CC1=O. The van der Waals surface area contributed by atoms with Gasteiger partial charge in [-0.1, -0.05) is 18.2 Å². The quantitative estimate of drug-likeness (QED) is 0.826. The second-order valence-corrected chi connectivity index (χ2v) is 6.21. The van der Waals surface area contributed by atoms with Gasteiger partial charge >= 0.3 is 6.18 Å². The van der Waals surface area contributed by atoms with E-state index < -0.39 is 11.9 Å². The lowest BCUT2D eigenvalue weighted by atomic mass is 10.0. The van der Waals surface area contributed by atoms with Gasteiger partial charge in [0.2, 0.25) is 5.91 Å². The number of alkyl halides is 3. The third-order valence-electron chi connectivity index (χ3n) is 4.51. The first-order chi connectivity index (χ1) is 12.8. The monoisotopic (exact) mass is 377 g/mol. The molecule has 0 N–H and O–H groups in total. The van der Waals surface area contributed by atoms with Gasteiger partial charge in [0.15, 0.2) is 0 Å². The molecule has 1 aromatic heterocycles. The Kier molecular flexibility index (Phi) is 5.16. The van der Waals surface area contributed by atoms with Crippen molar-refractivity contribution in [2.45, 2.75) is 13.1 Å². The summed E-state index contributed by atoms with van der Waals surface area (Å²) in [7, 11) is 0. The van der Waals surface area contributed by atoms with Gasteiger partial charge < -0.3 is 9.80 Å². The molecule has 0 atom stereocenters. The van der Waals surface area contributed by atoms with Crippen LogP contribution in [0.1, 0.15) is 23.0 Å². The summed E-state index contributed by atoms with van der Waals surface area (Å²) in [5, 5.41) is 0. The maximum Gasteiger partial charge on any atom is 0.433 e. The predicted octanol–water partition coefficient (Wildman–Crippen LogP) is 3.07. The molecule has 0 bridgehead atoms. The van der Waals surface area contributed by atoms with Crippen LogP contribution >= 0.6 is 0 Å². The number of aromatic nitrogens is 1. The highest BCUT2D eigenvalue weighted by Gasteiger charge is 2.32. The first kappa shape index (κ1) is 18.9. The minimum atomic E-state index is -4.48. The predicted molar refractivity (Wildman–Crippen MR) is 92.8 cm³/mol. The molecule has 2 amide bonds. The van der Waals surface area contributed by atoms with Crippen LogP contribution in [0, 0.1) is 0 Å². The highest BCUT2D eigenvalue weighted by Crippen LogP contribution is 2.29. The normalized spacial score (nSPS) is 15.2. The van der Waals surface area contributed by atoms with Gasteiger partial charge in [-0.05, 0) is 30.7 Å². The number of carbonyl (C=O) groups is 2. The Balaban J connectivity index is 1.72.